The van der Waals surface area contributed by atoms with Crippen molar-refractivity contribution in [3.05, 3.63) is 94.0 Å². The summed E-state index contributed by atoms with van der Waals surface area (Å²) in [6, 6.07) is 24.6. The molecule has 6 aromatic rings. The number of hydrogen-bond acceptors (Lipinski definition) is 1. The first-order valence-corrected chi connectivity index (χ1v) is 12.9. The van der Waals surface area contributed by atoms with E-state index in [0.29, 0.717) is 10.0 Å². The lowest BCUT2D eigenvalue weighted by molar-refractivity contribution is -0.121. The Labute approximate surface area is 219 Å². The van der Waals surface area contributed by atoms with E-state index in [0.717, 1.165) is 54.7 Å². The number of rotatable bonds is 4. The third-order valence-corrected chi connectivity index (χ3v) is 8.31. The van der Waals surface area contributed by atoms with E-state index in [1.54, 1.807) is 0 Å². The van der Waals surface area contributed by atoms with E-state index in [1.807, 2.05) is 50.2 Å². The molecule has 0 spiro atoms. The van der Waals surface area contributed by atoms with E-state index >= 15 is 0 Å². The second-order valence-electron chi connectivity index (χ2n) is 9.84. The van der Waals surface area contributed by atoms with Gasteiger partial charge in [-0.25, -0.2) is 0 Å². The van der Waals surface area contributed by atoms with Crippen LogP contribution in [0.4, 0.5) is 0 Å². The van der Waals surface area contributed by atoms with E-state index in [2.05, 4.69) is 59.6 Å². The number of nitrogens with zero attached hydrogens (tertiary/aromatic N) is 2. The summed E-state index contributed by atoms with van der Waals surface area (Å²) in [6.07, 6.45) is 0. The first kappa shape index (κ1) is 23.1. The van der Waals surface area contributed by atoms with Crippen molar-refractivity contribution in [1.82, 2.24) is 9.13 Å². The van der Waals surface area contributed by atoms with Gasteiger partial charge in [0.2, 0.25) is 0 Å². The molecule has 0 aliphatic rings. The van der Waals surface area contributed by atoms with Crippen LogP contribution >= 0.6 is 23.2 Å². The standard InChI is InChI=1S/C31H26Cl2N2O/c1-17(19-5-9-27-23(13-19)25-15-21(32)7-11-29(25)34(27)3)31(36)18(2)20-6-10-28-24(14-20)26-16-22(33)8-12-30(26)35(28)4/h5-18H,1-4H3. The Kier molecular flexibility index (Phi) is 5.40. The zero-order chi connectivity index (χ0) is 25.3. The molecule has 180 valence electrons. The molecule has 36 heavy (non-hydrogen) atoms. The SMILES string of the molecule is CC(C(=O)C(C)c1ccc2c(c1)c1cc(Cl)ccc1n2C)c1ccc2c(c1)c1cc(Cl)ccc1n2C. The molecule has 5 heteroatoms. The molecule has 4 aromatic carbocycles. The number of halogens is 2. The lowest BCUT2D eigenvalue weighted by Gasteiger charge is -2.18. The van der Waals surface area contributed by atoms with Gasteiger partial charge in [-0.1, -0.05) is 49.2 Å². The fourth-order valence-corrected chi connectivity index (χ4v) is 6.00. The maximum Gasteiger partial charge on any atom is 0.147 e. The maximum absolute atomic E-state index is 13.7. The zero-order valence-electron chi connectivity index (χ0n) is 20.6. The summed E-state index contributed by atoms with van der Waals surface area (Å²) >= 11 is 12.6. The maximum atomic E-state index is 13.7. The Bertz CT molecular complexity index is 1710. The van der Waals surface area contributed by atoms with Crippen molar-refractivity contribution in [2.45, 2.75) is 25.7 Å². The molecular formula is C31H26Cl2N2O. The molecule has 0 amide bonds. The highest BCUT2D eigenvalue weighted by Gasteiger charge is 2.24. The quantitative estimate of drug-likeness (QED) is 0.232. The highest BCUT2D eigenvalue weighted by Crippen LogP contribution is 2.36. The fourth-order valence-electron chi connectivity index (χ4n) is 5.66. The summed E-state index contributed by atoms with van der Waals surface area (Å²) in [5.41, 5.74) is 6.55. The van der Waals surface area contributed by atoms with Gasteiger partial charge in [0.05, 0.1) is 0 Å². The van der Waals surface area contributed by atoms with E-state index < -0.39 is 0 Å². The van der Waals surface area contributed by atoms with Gasteiger partial charge >= 0.3 is 0 Å². The number of fused-ring (bicyclic) bond motifs is 6. The Morgan fingerprint density at radius 2 is 0.917 bits per heavy atom. The van der Waals surface area contributed by atoms with Crippen LogP contribution < -0.4 is 0 Å². The summed E-state index contributed by atoms with van der Waals surface area (Å²) in [4.78, 5) is 13.7. The van der Waals surface area contributed by atoms with Gasteiger partial charge in [0.25, 0.3) is 0 Å². The third-order valence-electron chi connectivity index (χ3n) is 7.84. The molecule has 3 nitrogen and oxygen atoms in total. The van der Waals surface area contributed by atoms with Crippen molar-refractivity contribution in [2.75, 3.05) is 0 Å². The van der Waals surface area contributed by atoms with Crippen molar-refractivity contribution in [2.24, 2.45) is 14.1 Å². The van der Waals surface area contributed by atoms with Crippen molar-refractivity contribution in [3.8, 4) is 0 Å². The molecule has 0 N–H and O–H groups in total. The molecular weight excluding hydrogens is 487 g/mol. The molecule has 2 unspecified atom stereocenters. The number of carbonyl (C=O) groups is 1. The molecule has 0 fully saturated rings. The van der Waals surface area contributed by atoms with Gasteiger partial charge in [0.15, 0.2) is 0 Å². The molecule has 2 atom stereocenters. The molecule has 0 saturated heterocycles. The third kappa shape index (κ3) is 3.45. The lowest BCUT2D eigenvalue weighted by atomic mass is 9.85. The monoisotopic (exact) mass is 512 g/mol. The summed E-state index contributed by atoms with van der Waals surface area (Å²) < 4.78 is 4.34. The highest BCUT2D eigenvalue weighted by molar-refractivity contribution is 6.32. The Hall–Kier alpha value is -3.27. The number of benzene rings is 4. The van der Waals surface area contributed by atoms with Crippen LogP contribution in [-0.2, 0) is 18.9 Å². The number of hydrogen-bond donors (Lipinski definition) is 0. The highest BCUT2D eigenvalue weighted by atomic mass is 35.5. The second-order valence-corrected chi connectivity index (χ2v) is 10.7. The smallest absolute Gasteiger partial charge is 0.147 e. The average molecular weight is 513 g/mol. The fraction of sp³-hybridized carbons (Fsp3) is 0.194. The first-order chi connectivity index (χ1) is 17.2. The zero-order valence-corrected chi connectivity index (χ0v) is 22.2. The normalized spacial score (nSPS) is 13.7. The van der Waals surface area contributed by atoms with Crippen molar-refractivity contribution in [1.29, 1.82) is 0 Å². The van der Waals surface area contributed by atoms with E-state index in [1.165, 1.54) is 0 Å². The van der Waals surface area contributed by atoms with Gasteiger partial charge in [0.1, 0.15) is 5.78 Å². The van der Waals surface area contributed by atoms with Crippen LogP contribution in [0.3, 0.4) is 0 Å². The van der Waals surface area contributed by atoms with Crippen molar-refractivity contribution < 1.29 is 4.79 Å². The number of ketones is 1. The molecule has 2 aromatic heterocycles. The summed E-state index contributed by atoms with van der Waals surface area (Å²) in [5, 5.41) is 5.87. The predicted octanol–water partition coefficient (Wildman–Crippen LogP) is 8.76. The first-order valence-electron chi connectivity index (χ1n) is 12.1. The molecule has 0 saturated carbocycles. The van der Waals surface area contributed by atoms with Crippen LogP contribution in [0.2, 0.25) is 10.0 Å². The van der Waals surface area contributed by atoms with Crippen LogP contribution in [0.15, 0.2) is 72.8 Å². The molecule has 0 aliphatic heterocycles. The van der Waals surface area contributed by atoms with Gasteiger partial charge in [-0.2, -0.15) is 0 Å². The summed E-state index contributed by atoms with van der Waals surface area (Å²) in [5.74, 6) is -0.279. The van der Waals surface area contributed by atoms with Crippen LogP contribution in [0.1, 0.15) is 36.8 Å². The summed E-state index contributed by atoms with van der Waals surface area (Å²) in [6.45, 7) is 4.02. The van der Waals surface area contributed by atoms with Gasteiger partial charge in [0, 0.05) is 79.6 Å². The molecule has 0 radical (unpaired) electrons. The van der Waals surface area contributed by atoms with Crippen LogP contribution in [0.5, 0.6) is 0 Å². The molecule has 0 aliphatic carbocycles. The molecule has 6 rings (SSSR count). The lowest BCUT2D eigenvalue weighted by Crippen LogP contribution is -2.16. The number of aromatic nitrogens is 2. The average Bonchev–Trinajstić information content (AvgIpc) is 3.32. The minimum atomic E-state index is -0.239. The van der Waals surface area contributed by atoms with Gasteiger partial charge in [-0.15, -0.1) is 0 Å². The van der Waals surface area contributed by atoms with Gasteiger partial charge in [-0.05, 0) is 71.8 Å². The Morgan fingerprint density at radius 1 is 0.583 bits per heavy atom. The van der Waals surface area contributed by atoms with Crippen LogP contribution in [0, 0.1) is 0 Å². The summed E-state index contributed by atoms with van der Waals surface area (Å²) in [7, 11) is 4.12. The van der Waals surface area contributed by atoms with Gasteiger partial charge < -0.3 is 9.13 Å². The topological polar surface area (TPSA) is 26.9 Å². The Balaban J connectivity index is 1.39. The van der Waals surface area contributed by atoms with Crippen LogP contribution in [-0.4, -0.2) is 14.9 Å². The minimum Gasteiger partial charge on any atom is -0.344 e. The van der Waals surface area contributed by atoms with E-state index in [-0.39, 0.29) is 17.6 Å². The van der Waals surface area contributed by atoms with Gasteiger partial charge in [-0.3, -0.25) is 4.79 Å². The molecule has 0 bridgehead atoms. The number of carbonyl (C=O) groups excluding carboxylic acids is 1. The second kappa shape index (κ2) is 8.40. The number of aryl methyl sites for hydroxylation is 2. The Morgan fingerprint density at radius 3 is 1.31 bits per heavy atom. The van der Waals surface area contributed by atoms with Crippen molar-refractivity contribution >= 4 is 72.6 Å². The van der Waals surface area contributed by atoms with Crippen molar-refractivity contribution in [3.63, 3.8) is 0 Å². The minimum absolute atomic E-state index is 0.199. The number of Topliss-reactive ketones (excluding diaryl/α,β-unsaturated/α-hetero) is 1. The van der Waals surface area contributed by atoms with E-state index in [9.17, 15) is 4.79 Å². The van der Waals surface area contributed by atoms with E-state index in [4.69, 9.17) is 23.2 Å². The largest absolute Gasteiger partial charge is 0.344 e. The predicted molar refractivity (Wildman–Crippen MR) is 153 cm³/mol. The van der Waals surface area contributed by atoms with Crippen LogP contribution in [0.25, 0.3) is 43.6 Å². The molecule has 2 heterocycles.